The lowest BCUT2D eigenvalue weighted by atomic mass is 10.1. The minimum atomic E-state index is -0.385. The molecule has 1 aromatic heterocycles. The van der Waals surface area contributed by atoms with Crippen molar-refractivity contribution in [3.63, 3.8) is 0 Å². The van der Waals surface area contributed by atoms with E-state index in [0.717, 1.165) is 5.56 Å². The molecule has 1 aromatic carbocycles. The highest BCUT2D eigenvalue weighted by Gasteiger charge is 2.20. The second-order valence-electron chi connectivity index (χ2n) is 4.15. The minimum absolute atomic E-state index is 0.0828. The molecule has 0 atom stereocenters. The number of hydrogen-bond acceptors (Lipinski definition) is 3. The van der Waals surface area contributed by atoms with Crippen molar-refractivity contribution < 1.29 is 14.0 Å². The van der Waals surface area contributed by atoms with Gasteiger partial charge >= 0.3 is 0 Å². The van der Waals surface area contributed by atoms with Crippen molar-refractivity contribution in [1.29, 1.82) is 0 Å². The summed E-state index contributed by atoms with van der Waals surface area (Å²) in [4.78, 5) is 23.1. The van der Waals surface area contributed by atoms with E-state index in [2.05, 4.69) is 10.6 Å². The van der Waals surface area contributed by atoms with E-state index in [0.29, 0.717) is 16.4 Å². The molecule has 96 valence electrons. The molecule has 2 heterocycles. The summed E-state index contributed by atoms with van der Waals surface area (Å²) in [5, 5.41) is 5.71. The van der Waals surface area contributed by atoms with Crippen molar-refractivity contribution in [2.45, 2.75) is 6.42 Å². The van der Waals surface area contributed by atoms with E-state index in [1.54, 1.807) is 24.3 Å². The molecule has 2 aromatic rings. The summed E-state index contributed by atoms with van der Waals surface area (Å²) < 4.78 is 5.00. The predicted octanol–water partition coefficient (Wildman–Crippen LogP) is 2.68. The van der Waals surface area contributed by atoms with Gasteiger partial charge in [-0.05, 0) is 29.8 Å². The Morgan fingerprint density at radius 3 is 3.00 bits per heavy atom. The quantitative estimate of drug-likeness (QED) is 0.886. The molecule has 1 aliphatic heterocycles. The van der Waals surface area contributed by atoms with Crippen LogP contribution in [0.4, 0.5) is 11.4 Å². The fraction of sp³-hybridized carbons (Fsp3) is 0.0769. The highest BCUT2D eigenvalue weighted by Crippen LogP contribution is 2.33. The number of furan rings is 1. The Labute approximate surface area is 113 Å². The van der Waals surface area contributed by atoms with E-state index in [-0.39, 0.29) is 24.0 Å². The van der Waals surface area contributed by atoms with E-state index in [4.69, 9.17) is 16.0 Å². The molecule has 1 aliphatic rings. The fourth-order valence-electron chi connectivity index (χ4n) is 1.94. The van der Waals surface area contributed by atoms with Crippen molar-refractivity contribution in [3.05, 3.63) is 46.9 Å². The average Bonchev–Trinajstić information content (AvgIpc) is 2.97. The first-order valence-corrected chi connectivity index (χ1v) is 5.98. The lowest BCUT2D eigenvalue weighted by molar-refractivity contribution is -0.115. The zero-order chi connectivity index (χ0) is 13.4. The molecule has 19 heavy (non-hydrogen) atoms. The first-order valence-electron chi connectivity index (χ1n) is 5.60. The van der Waals surface area contributed by atoms with Gasteiger partial charge in [-0.2, -0.15) is 0 Å². The molecule has 0 saturated heterocycles. The van der Waals surface area contributed by atoms with Gasteiger partial charge in [0, 0.05) is 5.69 Å². The normalized spacial score (nSPS) is 13.0. The summed E-state index contributed by atoms with van der Waals surface area (Å²) in [6.45, 7) is 0. The third kappa shape index (κ3) is 2.20. The summed E-state index contributed by atoms with van der Waals surface area (Å²) in [6, 6.07) is 6.50. The van der Waals surface area contributed by atoms with Crippen molar-refractivity contribution >= 4 is 34.8 Å². The molecule has 0 unspecified atom stereocenters. The van der Waals surface area contributed by atoms with Gasteiger partial charge < -0.3 is 15.1 Å². The van der Waals surface area contributed by atoms with Crippen LogP contribution in [0.15, 0.2) is 34.9 Å². The molecule has 5 nitrogen and oxygen atoms in total. The number of rotatable bonds is 2. The third-order valence-corrected chi connectivity index (χ3v) is 3.12. The van der Waals surface area contributed by atoms with Gasteiger partial charge in [-0.1, -0.05) is 11.6 Å². The fourth-order valence-corrected chi connectivity index (χ4v) is 2.15. The van der Waals surface area contributed by atoms with E-state index >= 15 is 0 Å². The molecule has 0 fully saturated rings. The summed E-state index contributed by atoms with van der Waals surface area (Å²) in [5.74, 6) is -0.268. The smallest absolute Gasteiger partial charge is 0.291 e. The molecule has 6 heteroatoms. The minimum Gasteiger partial charge on any atom is -0.459 e. The molecule has 0 saturated carbocycles. The maximum absolute atomic E-state index is 11.8. The topological polar surface area (TPSA) is 71.3 Å². The summed E-state index contributed by atoms with van der Waals surface area (Å²) >= 11 is 6.06. The number of benzene rings is 1. The predicted molar refractivity (Wildman–Crippen MR) is 70.4 cm³/mol. The number of amides is 2. The van der Waals surface area contributed by atoms with E-state index in [9.17, 15) is 9.59 Å². The van der Waals surface area contributed by atoms with Crippen LogP contribution in [0.25, 0.3) is 0 Å². The summed E-state index contributed by atoms with van der Waals surface area (Å²) in [5.41, 5.74) is 1.95. The summed E-state index contributed by atoms with van der Waals surface area (Å²) in [6.07, 6.45) is 1.71. The molecule has 0 bridgehead atoms. The van der Waals surface area contributed by atoms with Gasteiger partial charge in [-0.3, -0.25) is 9.59 Å². The molecule has 2 amide bonds. The number of nitrogens with one attached hydrogen (secondary N) is 2. The van der Waals surface area contributed by atoms with E-state index in [1.807, 2.05) is 0 Å². The zero-order valence-electron chi connectivity index (χ0n) is 9.70. The van der Waals surface area contributed by atoms with Gasteiger partial charge in [-0.15, -0.1) is 0 Å². The lowest BCUT2D eigenvalue weighted by Crippen LogP contribution is -2.11. The standard InChI is InChI=1S/C13H9ClN2O3/c14-8-6-9-7(5-12(17)15-9)4-10(8)16-13(18)11-2-1-3-19-11/h1-4,6H,5H2,(H,15,17)(H,16,18). The summed E-state index contributed by atoms with van der Waals surface area (Å²) in [7, 11) is 0. The molecule has 2 N–H and O–H groups in total. The van der Waals surface area contributed by atoms with Crippen LogP contribution in [0.3, 0.4) is 0 Å². The van der Waals surface area contributed by atoms with Crippen molar-refractivity contribution in [1.82, 2.24) is 0 Å². The van der Waals surface area contributed by atoms with Crippen LogP contribution in [0.5, 0.6) is 0 Å². The van der Waals surface area contributed by atoms with Crippen LogP contribution in [-0.4, -0.2) is 11.8 Å². The molecule has 0 spiro atoms. The first-order chi connectivity index (χ1) is 9.13. The Morgan fingerprint density at radius 1 is 1.42 bits per heavy atom. The second-order valence-corrected chi connectivity index (χ2v) is 4.55. The van der Waals surface area contributed by atoms with Crippen LogP contribution in [0.1, 0.15) is 16.1 Å². The highest BCUT2D eigenvalue weighted by molar-refractivity contribution is 6.34. The van der Waals surface area contributed by atoms with Crippen molar-refractivity contribution in [2.24, 2.45) is 0 Å². The lowest BCUT2D eigenvalue weighted by Gasteiger charge is -2.08. The maximum Gasteiger partial charge on any atom is 0.291 e. The number of hydrogen-bond donors (Lipinski definition) is 2. The molecule has 0 aliphatic carbocycles. The number of carbonyl (C=O) groups excluding carboxylic acids is 2. The SMILES string of the molecule is O=C1Cc2cc(NC(=O)c3ccco3)c(Cl)cc2N1. The van der Waals surface area contributed by atoms with E-state index < -0.39 is 0 Å². The van der Waals surface area contributed by atoms with E-state index in [1.165, 1.54) is 6.26 Å². The van der Waals surface area contributed by atoms with Gasteiger partial charge in [0.1, 0.15) is 0 Å². The first kappa shape index (κ1) is 11.8. The van der Waals surface area contributed by atoms with Gasteiger partial charge in [-0.25, -0.2) is 0 Å². The van der Waals surface area contributed by atoms with Crippen LogP contribution in [-0.2, 0) is 11.2 Å². The highest BCUT2D eigenvalue weighted by atomic mass is 35.5. The van der Waals surface area contributed by atoms with Crippen LogP contribution in [0, 0.1) is 0 Å². The van der Waals surface area contributed by atoms with Crippen molar-refractivity contribution in [2.75, 3.05) is 10.6 Å². The molecule has 0 radical (unpaired) electrons. The Balaban J connectivity index is 1.88. The second kappa shape index (κ2) is 4.44. The Bertz CT molecular complexity index is 665. The monoisotopic (exact) mass is 276 g/mol. The number of fused-ring (bicyclic) bond motifs is 1. The van der Waals surface area contributed by atoms with Gasteiger partial charge in [0.25, 0.3) is 5.91 Å². The number of halogens is 1. The zero-order valence-corrected chi connectivity index (χ0v) is 10.5. The van der Waals surface area contributed by atoms with Gasteiger partial charge in [0.15, 0.2) is 5.76 Å². The molecular weight excluding hydrogens is 268 g/mol. The maximum atomic E-state index is 11.8. The molecular formula is C13H9ClN2O3. The average molecular weight is 277 g/mol. The molecule has 3 rings (SSSR count). The Kier molecular flexibility index (Phi) is 2.76. The van der Waals surface area contributed by atoms with Crippen LogP contribution >= 0.6 is 11.6 Å². The van der Waals surface area contributed by atoms with Crippen LogP contribution in [0.2, 0.25) is 5.02 Å². The van der Waals surface area contributed by atoms with Gasteiger partial charge in [0.05, 0.1) is 23.4 Å². The third-order valence-electron chi connectivity index (χ3n) is 2.81. The number of anilines is 2. The van der Waals surface area contributed by atoms with Crippen molar-refractivity contribution in [3.8, 4) is 0 Å². The van der Waals surface area contributed by atoms with Gasteiger partial charge in [0.2, 0.25) is 5.91 Å². The van der Waals surface area contributed by atoms with Crippen LogP contribution < -0.4 is 10.6 Å². The Morgan fingerprint density at radius 2 is 2.26 bits per heavy atom. The largest absolute Gasteiger partial charge is 0.459 e. The Hall–Kier alpha value is -2.27. The number of carbonyl (C=O) groups is 2.